The molecule has 0 radical (unpaired) electrons. The van der Waals surface area contributed by atoms with Crippen molar-refractivity contribution in [3.8, 4) is 10.6 Å². The molecule has 0 aliphatic heterocycles. The van der Waals surface area contributed by atoms with Crippen molar-refractivity contribution in [1.29, 1.82) is 0 Å². The Morgan fingerprint density at radius 1 is 0.912 bits per heavy atom. The number of carbonyl (C=O) groups excluding carboxylic acids is 2. The first kappa shape index (κ1) is 27.0. The fraction of sp³-hybridized carbons (Fsp3) is 0.200. The minimum absolute atomic E-state index is 0.0437. The van der Waals surface area contributed by atoms with Gasteiger partial charge >= 0.3 is 18.3 Å². The van der Waals surface area contributed by atoms with Crippen molar-refractivity contribution >= 4 is 40.3 Å². The lowest BCUT2D eigenvalue weighted by Gasteiger charge is -2.10. The smallest absolute Gasteiger partial charge is 0.475 e. The van der Waals surface area contributed by atoms with Crippen molar-refractivity contribution in [2.45, 2.75) is 25.3 Å². The summed E-state index contributed by atoms with van der Waals surface area (Å²) in [5.41, 5.74) is 0.959. The number of aliphatic carboxylic acids is 1. The van der Waals surface area contributed by atoms with E-state index in [-0.39, 0.29) is 10.9 Å². The molecule has 6 nitrogen and oxygen atoms in total. The normalized spacial score (nSPS) is 12.3. The van der Waals surface area contributed by atoms with Crippen LogP contribution < -0.4 is 5.32 Å². The number of ketones is 1. The van der Waals surface area contributed by atoms with Crippen molar-refractivity contribution in [3.05, 3.63) is 63.3 Å². The Balaban J connectivity index is 0.000000509. The maximum absolute atomic E-state index is 12.5. The van der Waals surface area contributed by atoms with E-state index in [0.717, 1.165) is 21.5 Å². The number of carboxylic acids is 1. The minimum Gasteiger partial charge on any atom is -0.475 e. The number of carbonyl (C=O) groups is 3. The molecule has 1 amide bonds. The zero-order valence-electron chi connectivity index (χ0n) is 16.9. The third-order valence-electron chi connectivity index (χ3n) is 3.87. The number of hydrogen-bond acceptors (Lipinski definition) is 6. The summed E-state index contributed by atoms with van der Waals surface area (Å²) in [5, 5.41) is 10.6. The van der Waals surface area contributed by atoms with E-state index in [1.807, 2.05) is 30.3 Å². The van der Waals surface area contributed by atoms with E-state index in [2.05, 4.69) is 10.3 Å². The fourth-order valence-corrected chi connectivity index (χ4v) is 4.05. The van der Waals surface area contributed by atoms with Gasteiger partial charge in [0.15, 0.2) is 0 Å². The third-order valence-corrected chi connectivity index (χ3v) is 6.18. The first-order chi connectivity index (χ1) is 15.7. The Labute approximate surface area is 195 Å². The van der Waals surface area contributed by atoms with E-state index in [0.29, 0.717) is 11.3 Å². The molecule has 0 bridgehead atoms. The summed E-state index contributed by atoms with van der Waals surface area (Å²) >= 11 is 1.94. The molecule has 34 heavy (non-hydrogen) atoms. The molecular formula is C20H14F6N2O4S2. The van der Waals surface area contributed by atoms with Gasteiger partial charge < -0.3 is 10.4 Å². The number of thiophene rings is 1. The summed E-state index contributed by atoms with van der Waals surface area (Å²) in [5.74, 6) is -5.24. The minimum atomic E-state index is -5.08. The van der Waals surface area contributed by atoms with Crippen LogP contribution in [0.3, 0.4) is 0 Å². The average molecular weight is 524 g/mol. The summed E-state index contributed by atoms with van der Waals surface area (Å²) in [6.07, 6.45) is -8.38. The molecule has 1 atom stereocenters. The molecule has 0 aliphatic carbocycles. The van der Waals surface area contributed by atoms with Crippen molar-refractivity contribution in [3.63, 3.8) is 0 Å². The Morgan fingerprint density at radius 2 is 1.47 bits per heavy atom. The molecule has 2 aromatic heterocycles. The van der Waals surface area contributed by atoms with Crippen molar-refractivity contribution in [2.75, 3.05) is 0 Å². The number of nitrogens with zero attached hydrogens (tertiary/aromatic N) is 1. The second-order valence-electron chi connectivity index (χ2n) is 6.42. The van der Waals surface area contributed by atoms with Crippen LogP contribution in [0.4, 0.5) is 26.3 Å². The predicted molar refractivity (Wildman–Crippen MR) is 112 cm³/mol. The van der Waals surface area contributed by atoms with Crippen molar-refractivity contribution in [2.24, 2.45) is 0 Å². The summed E-state index contributed by atoms with van der Waals surface area (Å²) in [4.78, 5) is 37.1. The van der Waals surface area contributed by atoms with Crippen LogP contribution in [0.5, 0.6) is 0 Å². The maximum Gasteiger partial charge on any atom is 0.490 e. The summed E-state index contributed by atoms with van der Waals surface area (Å²) in [6.45, 7) is 1.76. The molecule has 14 heteroatoms. The van der Waals surface area contributed by atoms with Gasteiger partial charge in [0.2, 0.25) is 0 Å². The monoisotopic (exact) mass is 524 g/mol. The van der Waals surface area contributed by atoms with Gasteiger partial charge in [-0.2, -0.15) is 26.3 Å². The van der Waals surface area contributed by atoms with Gasteiger partial charge in [-0.25, -0.2) is 9.78 Å². The molecular weight excluding hydrogens is 510 g/mol. The van der Waals surface area contributed by atoms with Crippen LogP contribution in [-0.2, 0) is 4.79 Å². The van der Waals surface area contributed by atoms with Crippen LogP contribution in [0.2, 0.25) is 0 Å². The summed E-state index contributed by atoms with van der Waals surface area (Å²) < 4.78 is 69.1. The second kappa shape index (κ2) is 10.8. The Kier molecular flexibility index (Phi) is 8.56. The van der Waals surface area contributed by atoms with Gasteiger partial charge in [-0.3, -0.25) is 9.59 Å². The fourth-order valence-electron chi connectivity index (χ4n) is 2.26. The zero-order valence-corrected chi connectivity index (χ0v) is 18.5. The molecule has 3 aromatic rings. The van der Waals surface area contributed by atoms with Gasteiger partial charge in [-0.1, -0.05) is 30.3 Å². The van der Waals surface area contributed by atoms with E-state index in [4.69, 9.17) is 9.90 Å². The number of amides is 1. The third kappa shape index (κ3) is 7.38. The molecule has 2 heterocycles. The van der Waals surface area contributed by atoms with Crippen LogP contribution in [0.15, 0.2) is 48.7 Å². The molecule has 0 saturated carbocycles. The van der Waals surface area contributed by atoms with E-state index >= 15 is 0 Å². The van der Waals surface area contributed by atoms with Gasteiger partial charge in [0, 0.05) is 16.6 Å². The largest absolute Gasteiger partial charge is 0.490 e. The molecule has 0 fully saturated rings. The highest BCUT2D eigenvalue weighted by Crippen LogP contribution is 2.30. The number of nitrogens with one attached hydrogen (secondary N) is 1. The van der Waals surface area contributed by atoms with Crippen LogP contribution in [0.25, 0.3) is 10.6 Å². The molecule has 0 spiro atoms. The number of alkyl halides is 6. The van der Waals surface area contributed by atoms with Crippen LogP contribution in [-0.4, -0.2) is 40.1 Å². The number of benzene rings is 1. The second-order valence-corrected chi connectivity index (χ2v) is 8.57. The molecule has 182 valence electrons. The molecule has 2 N–H and O–H groups in total. The van der Waals surface area contributed by atoms with E-state index in [9.17, 15) is 35.9 Å². The summed E-state index contributed by atoms with van der Waals surface area (Å²) in [6, 6.07) is 11.4. The van der Waals surface area contributed by atoms with Gasteiger partial charge in [0.1, 0.15) is 5.01 Å². The zero-order chi connectivity index (χ0) is 25.7. The molecule has 1 unspecified atom stereocenters. The first-order valence-corrected chi connectivity index (χ1v) is 10.7. The quantitative estimate of drug-likeness (QED) is 0.328. The molecule has 0 saturated heterocycles. The number of halogens is 6. The van der Waals surface area contributed by atoms with Crippen LogP contribution >= 0.6 is 22.7 Å². The van der Waals surface area contributed by atoms with Gasteiger partial charge in [0.25, 0.3) is 11.7 Å². The maximum atomic E-state index is 12.5. The highest BCUT2D eigenvalue weighted by molar-refractivity contribution is 7.16. The lowest BCUT2D eigenvalue weighted by molar-refractivity contribution is -0.192. The number of rotatable bonds is 5. The Bertz CT molecular complexity index is 1160. The summed E-state index contributed by atoms with van der Waals surface area (Å²) in [7, 11) is 0. The van der Waals surface area contributed by atoms with Crippen LogP contribution in [0, 0.1) is 0 Å². The topological polar surface area (TPSA) is 96.4 Å². The van der Waals surface area contributed by atoms with Crippen LogP contribution in [0.1, 0.15) is 37.2 Å². The Hall–Kier alpha value is -3.26. The van der Waals surface area contributed by atoms with Crippen molar-refractivity contribution < 1.29 is 45.8 Å². The standard InChI is InChI=1S/C18H13F3N2O2S2.C2HF3O2/c1-10(14-9-22-17(27-14)11-5-3-2-4-6-11)23-16(25)13-8-7-12(26-13)15(24)18(19,20)21;3-2(4,5)1(6)7/h2-10H,1H3,(H,23,25);(H,6,7). The van der Waals surface area contributed by atoms with E-state index in [1.54, 1.807) is 13.1 Å². The predicted octanol–water partition coefficient (Wildman–Crippen LogP) is 5.74. The lowest BCUT2D eigenvalue weighted by Crippen LogP contribution is -2.25. The first-order valence-electron chi connectivity index (χ1n) is 9.03. The SMILES string of the molecule is CC(NC(=O)c1ccc(C(=O)C(F)(F)F)s1)c1cnc(-c2ccccc2)s1.O=C(O)C(F)(F)F. The van der Waals surface area contributed by atoms with Gasteiger partial charge in [-0.05, 0) is 19.1 Å². The van der Waals surface area contributed by atoms with Gasteiger partial charge in [0.05, 0.1) is 15.8 Å². The Morgan fingerprint density at radius 3 is 2.00 bits per heavy atom. The van der Waals surface area contributed by atoms with Crippen molar-refractivity contribution in [1.82, 2.24) is 10.3 Å². The highest BCUT2D eigenvalue weighted by atomic mass is 32.1. The molecule has 3 rings (SSSR count). The van der Waals surface area contributed by atoms with E-state index < -0.39 is 34.9 Å². The molecule has 0 aliphatic rings. The molecule has 1 aromatic carbocycles. The number of aromatic nitrogens is 1. The average Bonchev–Trinajstić information content (AvgIpc) is 3.43. The number of hydrogen-bond donors (Lipinski definition) is 2. The number of Topliss-reactive ketones (excluding diaryl/α,β-unsaturated/α-hetero) is 1. The van der Waals surface area contributed by atoms with Gasteiger partial charge in [-0.15, -0.1) is 22.7 Å². The number of thiazole rings is 1. The lowest BCUT2D eigenvalue weighted by atomic mass is 10.2. The highest BCUT2D eigenvalue weighted by Gasteiger charge is 2.40. The number of carboxylic acid groups (broad SMARTS) is 1. The van der Waals surface area contributed by atoms with E-state index in [1.165, 1.54) is 17.4 Å².